The summed E-state index contributed by atoms with van der Waals surface area (Å²) in [5.74, 6) is 0.582. The van der Waals surface area contributed by atoms with E-state index in [-0.39, 0.29) is 23.7 Å². The van der Waals surface area contributed by atoms with Crippen molar-refractivity contribution >= 4 is 28.9 Å². The molecular formula is C24H24FN3O5. The number of carbonyl (C=O) groups excluding carboxylic acids is 2. The highest BCUT2D eigenvalue weighted by Gasteiger charge is 2.44. The topological polar surface area (TPSA) is 98.8 Å². The molecule has 33 heavy (non-hydrogen) atoms. The van der Waals surface area contributed by atoms with Crippen molar-refractivity contribution in [2.24, 2.45) is 5.41 Å². The number of nitrogens with zero attached hydrogens (tertiary/aromatic N) is 1. The number of hydrogen-bond acceptors (Lipinski definition) is 6. The summed E-state index contributed by atoms with van der Waals surface area (Å²) in [5.41, 5.74) is 0.590. The molecule has 8 nitrogen and oxygen atoms in total. The maximum Gasteiger partial charge on any atom is 0.230 e. The minimum atomic E-state index is -0.603. The molecule has 4 rings (SSSR count). The molecule has 0 atom stereocenters. The largest absolute Gasteiger partial charge is 0.493 e. The monoisotopic (exact) mass is 453 g/mol. The average molecular weight is 453 g/mol. The maximum atomic E-state index is 14.7. The van der Waals surface area contributed by atoms with Gasteiger partial charge in [-0.3, -0.25) is 14.6 Å². The fourth-order valence-corrected chi connectivity index (χ4v) is 3.24. The van der Waals surface area contributed by atoms with Crippen LogP contribution in [0.25, 0.3) is 10.9 Å². The molecule has 0 spiro atoms. The van der Waals surface area contributed by atoms with Gasteiger partial charge in [0, 0.05) is 34.8 Å². The van der Waals surface area contributed by atoms with Crippen LogP contribution in [0.5, 0.6) is 23.0 Å². The second-order valence-electron chi connectivity index (χ2n) is 8.01. The molecule has 0 unspecified atom stereocenters. The van der Waals surface area contributed by atoms with E-state index < -0.39 is 5.82 Å². The highest BCUT2D eigenvalue weighted by molar-refractivity contribution is 5.96. The van der Waals surface area contributed by atoms with Gasteiger partial charge >= 0.3 is 0 Å². The predicted octanol–water partition coefficient (Wildman–Crippen LogP) is 4.04. The quantitative estimate of drug-likeness (QED) is 0.355. The van der Waals surface area contributed by atoms with Gasteiger partial charge in [0.1, 0.15) is 12.4 Å². The van der Waals surface area contributed by atoms with Crippen LogP contribution in [0.2, 0.25) is 0 Å². The van der Waals surface area contributed by atoms with Crippen molar-refractivity contribution in [2.45, 2.75) is 19.8 Å². The number of benzene rings is 2. The van der Waals surface area contributed by atoms with Crippen LogP contribution in [0.4, 0.5) is 10.1 Å². The van der Waals surface area contributed by atoms with E-state index in [2.05, 4.69) is 15.6 Å². The molecule has 1 heterocycles. The van der Waals surface area contributed by atoms with E-state index in [9.17, 15) is 14.0 Å². The fourth-order valence-electron chi connectivity index (χ4n) is 3.24. The van der Waals surface area contributed by atoms with Crippen molar-refractivity contribution < 1.29 is 28.2 Å². The summed E-state index contributed by atoms with van der Waals surface area (Å²) < 4.78 is 31.7. The second kappa shape index (κ2) is 9.32. The van der Waals surface area contributed by atoms with Crippen molar-refractivity contribution in [3.8, 4) is 23.0 Å². The first-order valence-electron chi connectivity index (χ1n) is 10.5. The summed E-state index contributed by atoms with van der Waals surface area (Å²) in [5, 5.41) is 5.87. The van der Waals surface area contributed by atoms with Crippen LogP contribution in [0, 0.1) is 11.2 Å². The number of aromatic nitrogens is 1. The van der Waals surface area contributed by atoms with E-state index in [1.54, 1.807) is 30.5 Å². The molecule has 2 N–H and O–H groups in total. The second-order valence-corrected chi connectivity index (χ2v) is 8.01. The number of carbonyl (C=O) groups is 2. The number of hydrogen-bond donors (Lipinski definition) is 2. The molecule has 0 aliphatic heterocycles. The zero-order valence-corrected chi connectivity index (χ0v) is 18.3. The Morgan fingerprint density at radius 1 is 1.15 bits per heavy atom. The van der Waals surface area contributed by atoms with Crippen LogP contribution < -0.4 is 24.8 Å². The van der Waals surface area contributed by atoms with E-state index in [0.717, 1.165) is 12.8 Å². The molecule has 1 fully saturated rings. The zero-order valence-electron chi connectivity index (χ0n) is 18.3. The summed E-state index contributed by atoms with van der Waals surface area (Å²) in [7, 11) is 1.50. The molecule has 0 saturated heterocycles. The number of pyridine rings is 1. The Balaban J connectivity index is 1.55. The lowest BCUT2D eigenvalue weighted by Gasteiger charge is -2.15. The van der Waals surface area contributed by atoms with Gasteiger partial charge in [0.2, 0.25) is 12.3 Å². The Kier molecular flexibility index (Phi) is 6.30. The van der Waals surface area contributed by atoms with E-state index in [0.29, 0.717) is 46.8 Å². The smallest absolute Gasteiger partial charge is 0.230 e. The third-order valence-electron chi connectivity index (χ3n) is 5.53. The van der Waals surface area contributed by atoms with Crippen LogP contribution in [0.1, 0.15) is 19.8 Å². The number of amides is 2. The van der Waals surface area contributed by atoms with Crippen LogP contribution in [0.3, 0.4) is 0 Å². The van der Waals surface area contributed by atoms with Crippen LogP contribution in [-0.4, -0.2) is 37.6 Å². The molecule has 0 radical (unpaired) electrons. The van der Waals surface area contributed by atoms with Gasteiger partial charge in [0.15, 0.2) is 23.1 Å². The number of ether oxygens (including phenoxy) is 3. The van der Waals surface area contributed by atoms with Gasteiger partial charge in [-0.05, 0) is 37.1 Å². The lowest BCUT2D eigenvalue weighted by Crippen LogP contribution is -2.21. The van der Waals surface area contributed by atoms with Gasteiger partial charge in [0.25, 0.3) is 0 Å². The zero-order chi connectivity index (χ0) is 23.4. The van der Waals surface area contributed by atoms with Crippen molar-refractivity contribution in [2.75, 3.05) is 25.6 Å². The minimum absolute atomic E-state index is 0.0114. The summed E-state index contributed by atoms with van der Waals surface area (Å²) in [4.78, 5) is 26.9. The van der Waals surface area contributed by atoms with Crippen LogP contribution in [0.15, 0.2) is 42.6 Å². The number of anilines is 1. The molecule has 2 aromatic carbocycles. The summed E-state index contributed by atoms with van der Waals surface area (Å²) in [6, 6.07) is 9.33. The summed E-state index contributed by atoms with van der Waals surface area (Å²) in [6.07, 6.45) is 3.82. The Bertz CT molecular complexity index is 1200. The van der Waals surface area contributed by atoms with E-state index >= 15 is 0 Å². The standard InChI is InChI=1S/C24H24FN3O5/c1-24(6-7-24)23(30)28-15-3-4-20(17(25)11-15)33-19-5-8-27-18-13-22(32-10-9-26-14-29)21(31-2)12-16(18)19/h3-5,8,11-14H,6-7,9-10H2,1-2H3,(H,26,29)(H,28,30). The van der Waals surface area contributed by atoms with Gasteiger partial charge in [-0.1, -0.05) is 6.92 Å². The highest BCUT2D eigenvalue weighted by Crippen LogP contribution is 2.46. The number of methoxy groups -OCH3 is 1. The Morgan fingerprint density at radius 2 is 1.97 bits per heavy atom. The SMILES string of the molecule is COc1cc2c(Oc3ccc(NC(=O)C4(C)CC4)cc3F)ccnc2cc1OCCNC=O. The minimum Gasteiger partial charge on any atom is -0.493 e. The summed E-state index contributed by atoms with van der Waals surface area (Å²) in [6.45, 7) is 2.48. The lowest BCUT2D eigenvalue weighted by molar-refractivity contribution is -0.120. The molecule has 1 aromatic heterocycles. The Morgan fingerprint density at radius 3 is 2.67 bits per heavy atom. The normalized spacial score (nSPS) is 13.8. The maximum absolute atomic E-state index is 14.7. The van der Waals surface area contributed by atoms with Crippen molar-refractivity contribution in [1.29, 1.82) is 0 Å². The van der Waals surface area contributed by atoms with Crippen LogP contribution in [-0.2, 0) is 9.59 Å². The van der Waals surface area contributed by atoms with E-state index in [1.165, 1.54) is 19.2 Å². The Hall–Kier alpha value is -3.88. The lowest BCUT2D eigenvalue weighted by atomic mass is 10.1. The van der Waals surface area contributed by atoms with Crippen molar-refractivity contribution in [3.05, 3.63) is 48.4 Å². The highest BCUT2D eigenvalue weighted by atomic mass is 19.1. The third-order valence-corrected chi connectivity index (χ3v) is 5.53. The fraction of sp³-hybridized carbons (Fsp3) is 0.292. The first-order valence-corrected chi connectivity index (χ1v) is 10.5. The molecule has 3 aromatic rings. The number of fused-ring (bicyclic) bond motifs is 1. The molecule has 172 valence electrons. The first kappa shape index (κ1) is 22.3. The third kappa shape index (κ3) is 4.97. The predicted molar refractivity (Wildman–Crippen MR) is 120 cm³/mol. The molecule has 0 bridgehead atoms. The van der Waals surface area contributed by atoms with E-state index in [4.69, 9.17) is 14.2 Å². The van der Waals surface area contributed by atoms with Gasteiger partial charge < -0.3 is 24.8 Å². The molecule has 1 saturated carbocycles. The molecular weight excluding hydrogens is 429 g/mol. The van der Waals surface area contributed by atoms with Crippen molar-refractivity contribution in [3.63, 3.8) is 0 Å². The first-order chi connectivity index (χ1) is 15.9. The van der Waals surface area contributed by atoms with Gasteiger partial charge in [-0.25, -0.2) is 4.39 Å². The number of rotatable bonds is 10. The van der Waals surface area contributed by atoms with E-state index in [1.807, 2.05) is 6.92 Å². The molecule has 2 amide bonds. The van der Waals surface area contributed by atoms with Crippen molar-refractivity contribution in [1.82, 2.24) is 10.3 Å². The van der Waals surface area contributed by atoms with Gasteiger partial charge in [-0.2, -0.15) is 0 Å². The molecule has 1 aliphatic rings. The number of nitrogens with one attached hydrogen (secondary N) is 2. The summed E-state index contributed by atoms with van der Waals surface area (Å²) >= 11 is 0. The molecule has 9 heteroatoms. The molecule has 1 aliphatic carbocycles. The van der Waals surface area contributed by atoms with Crippen LogP contribution >= 0.6 is 0 Å². The van der Waals surface area contributed by atoms with Gasteiger partial charge in [0.05, 0.1) is 19.2 Å². The average Bonchev–Trinajstić information content (AvgIpc) is 3.57. The number of halogens is 1. The van der Waals surface area contributed by atoms with Gasteiger partial charge in [-0.15, -0.1) is 0 Å². The Labute approximate surface area is 190 Å².